The van der Waals surface area contributed by atoms with Crippen LogP contribution in [-0.2, 0) is 0 Å². The Morgan fingerprint density at radius 2 is 1.50 bits per heavy atom. The Labute approximate surface area is 107 Å². The lowest BCUT2D eigenvalue weighted by atomic mass is 10.1. The van der Waals surface area contributed by atoms with Gasteiger partial charge in [-0.15, -0.1) is 0 Å². The van der Waals surface area contributed by atoms with Crippen LogP contribution in [0.2, 0.25) is 0 Å². The fraction of sp³-hybridized carbons (Fsp3) is 0.200. The molecule has 0 amide bonds. The minimum absolute atomic E-state index is 0.260. The third kappa shape index (κ3) is 4.01. The van der Waals surface area contributed by atoms with Crippen LogP contribution in [0.25, 0.3) is 0 Å². The van der Waals surface area contributed by atoms with Crippen molar-refractivity contribution >= 4 is 0 Å². The number of phenols is 2. The molecule has 0 heterocycles. The van der Waals surface area contributed by atoms with E-state index >= 15 is 0 Å². The Morgan fingerprint density at radius 1 is 0.889 bits per heavy atom. The van der Waals surface area contributed by atoms with E-state index in [4.69, 9.17) is 14.9 Å². The molecule has 0 aliphatic carbocycles. The molecule has 0 saturated carbocycles. The first-order valence-electron chi connectivity index (χ1n) is 5.62. The normalized spacial score (nSPS) is 9.28. The zero-order valence-electron chi connectivity index (χ0n) is 10.8. The van der Waals surface area contributed by atoms with Gasteiger partial charge in [-0.1, -0.05) is 12.1 Å². The summed E-state index contributed by atoms with van der Waals surface area (Å²) in [6, 6.07) is 12.1. The van der Waals surface area contributed by atoms with Crippen molar-refractivity contribution in [1.29, 1.82) is 0 Å². The Kier molecular flexibility index (Phi) is 5.06. The molecule has 0 bridgehead atoms. The van der Waals surface area contributed by atoms with Crippen molar-refractivity contribution in [3.8, 4) is 17.2 Å². The van der Waals surface area contributed by atoms with Gasteiger partial charge in [-0.25, -0.2) is 0 Å². The van der Waals surface area contributed by atoms with Gasteiger partial charge in [0.1, 0.15) is 17.2 Å². The first kappa shape index (κ1) is 13.9. The summed E-state index contributed by atoms with van der Waals surface area (Å²) in [4.78, 5) is 0. The first-order chi connectivity index (χ1) is 8.54. The van der Waals surface area contributed by atoms with E-state index in [1.165, 1.54) is 0 Å². The molecule has 0 radical (unpaired) electrons. The number of phenolic OH excluding ortho intramolecular Hbond substituents is 2. The summed E-state index contributed by atoms with van der Waals surface area (Å²) in [6.45, 7) is 3.89. The lowest BCUT2D eigenvalue weighted by molar-refractivity contribution is 0.412. The highest BCUT2D eigenvalue weighted by Gasteiger charge is 1.94. The number of aromatic hydroxyl groups is 2. The summed E-state index contributed by atoms with van der Waals surface area (Å²) in [6.07, 6.45) is 0. The molecule has 2 N–H and O–H groups in total. The van der Waals surface area contributed by atoms with Crippen LogP contribution in [0.1, 0.15) is 11.1 Å². The molecule has 0 spiro atoms. The van der Waals surface area contributed by atoms with Crippen LogP contribution in [0.15, 0.2) is 42.5 Å². The van der Waals surface area contributed by atoms with Gasteiger partial charge in [0.05, 0.1) is 7.11 Å². The van der Waals surface area contributed by atoms with Gasteiger partial charge in [0.2, 0.25) is 0 Å². The van der Waals surface area contributed by atoms with E-state index in [0.717, 1.165) is 16.9 Å². The van der Waals surface area contributed by atoms with Crippen LogP contribution in [0.3, 0.4) is 0 Å². The van der Waals surface area contributed by atoms with E-state index in [1.54, 1.807) is 37.4 Å². The van der Waals surface area contributed by atoms with Crippen molar-refractivity contribution in [2.24, 2.45) is 0 Å². The summed E-state index contributed by atoms with van der Waals surface area (Å²) >= 11 is 0. The fourth-order valence-corrected chi connectivity index (χ4v) is 1.32. The highest BCUT2D eigenvalue weighted by molar-refractivity contribution is 5.36. The molecule has 2 rings (SSSR count). The molecule has 0 aromatic heterocycles. The maximum Gasteiger partial charge on any atom is 0.119 e. The Hall–Kier alpha value is -2.16. The fourth-order valence-electron chi connectivity index (χ4n) is 1.32. The lowest BCUT2D eigenvalue weighted by Gasteiger charge is -1.99. The number of aryl methyl sites for hydroxylation is 1. The van der Waals surface area contributed by atoms with Crippen LogP contribution in [0.4, 0.5) is 0 Å². The van der Waals surface area contributed by atoms with E-state index in [1.807, 2.05) is 26.0 Å². The van der Waals surface area contributed by atoms with Crippen LogP contribution < -0.4 is 4.74 Å². The van der Waals surface area contributed by atoms with E-state index in [0.29, 0.717) is 5.75 Å². The van der Waals surface area contributed by atoms with E-state index in [9.17, 15) is 0 Å². The van der Waals surface area contributed by atoms with Crippen molar-refractivity contribution in [3.63, 3.8) is 0 Å². The number of hydrogen-bond acceptors (Lipinski definition) is 3. The third-order valence-electron chi connectivity index (χ3n) is 2.65. The first-order valence-corrected chi connectivity index (χ1v) is 5.62. The largest absolute Gasteiger partial charge is 0.508 e. The Balaban J connectivity index is 0.000000180. The van der Waals surface area contributed by atoms with Gasteiger partial charge in [-0.2, -0.15) is 0 Å². The van der Waals surface area contributed by atoms with Crippen LogP contribution in [-0.4, -0.2) is 17.3 Å². The predicted molar refractivity (Wildman–Crippen MR) is 72.2 cm³/mol. The molecule has 3 heteroatoms. The zero-order valence-corrected chi connectivity index (χ0v) is 10.8. The second kappa shape index (κ2) is 6.55. The second-order valence-electron chi connectivity index (χ2n) is 3.92. The van der Waals surface area contributed by atoms with Crippen molar-refractivity contribution in [2.45, 2.75) is 13.8 Å². The van der Waals surface area contributed by atoms with Crippen LogP contribution >= 0.6 is 0 Å². The van der Waals surface area contributed by atoms with Gasteiger partial charge >= 0.3 is 0 Å². The summed E-state index contributed by atoms with van der Waals surface area (Å²) in [5.74, 6) is 1.40. The smallest absolute Gasteiger partial charge is 0.119 e. The van der Waals surface area contributed by atoms with Crippen LogP contribution in [0, 0.1) is 13.8 Å². The average molecular weight is 246 g/mol. The van der Waals surface area contributed by atoms with Gasteiger partial charge in [-0.05, 0) is 55.3 Å². The molecule has 2 aromatic rings. The van der Waals surface area contributed by atoms with Gasteiger partial charge in [-0.3, -0.25) is 0 Å². The SMILES string of the molecule is COc1ccc(O)cc1.Cc1cccc(O)c1C. The number of methoxy groups -OCH3 is 1. The predicted octanol–water partition coefficient (Wildman–Crippen LogP) is 3.41. The van der Waals surface area contributed by atoms with Gasteiger partial charge < -0.3 is 14.9 Å². The van der Waals surface area contributed by atoms with E-state index in [2.05, 4.69) is 0 Å². The Bertz CT molecular complexity index is 469. The minimum atomic E-state index is 0.260. The molecular weight excluding hydrogens is 228 g/mol. The number of ether oxygens (including phenoxy) is 1. The van der Waals surface area contributed by atoms with E-state index < -0.39 is 0 Å². The molecule has 96 valence electrons. The monoisotopic (exact) mass is 246 g/mol. The average Bonchev–Trinajstić information content (AvgIpc) is 2.38. The molecule has 0 atom stereocenters. The molecule has 0 saturated heterocycles. The highest BCUT2D eigenvalue weighted by Crippen LogP contribution is 2.17. The van der Waals surface area contributed by atoms with Gasteiger partial charge in [0, 0.05) is 0 Å². The summed E-state index contributed by atoms with van der Waals surface area (Å²) < 4.78 is 4.86. The van der Waals surface area contributed by atoms with Crippen molar-refractivity contribution in [2.75, 3.05) is 7.11 Å². The zero-order chi connectivity index (χ0) is 13.5. The molecule has 18 heavy (non-hydrogen) atoms. The quantitative estimate of drug-likeness (QED) is 0.810. The highest BCUT2D eigenvalue weighted by atomic mass is 16.5. The van der Waals surface area contributed by atoms with Crippen molar-refractivity contribution in [3.05, 3.63) is 53.6 Å². The molecule has 2 aromatic carbocycles. The maximum absolute atomic E-state index is 9.10. The number of hydrogen-bond donors (Lipinski definition) is 2. The molecule has 0 fully saturated rings. The topological polar surface area (TPSA) is 49.7 Å². The maximum atomic E-state index is 9.10. The Morgan fingerprint density at radius 3 is 1.94 bits per heavy atom. The van der Waals surface area contributed by atoms with Gasteiger partial charge in [0.15, 0.2) is 0 Å². The van der Waals surface area contributed by atoms with Crippen LogP contribution in [0.5, 0.6) is 17.2 Å². The molecule has 0 aliphatic heterocycles. The van der Waals surface area contributed by atoms with Gasteiger partial charge in [0.25, 0.3) is 0 Å². The molecule has 0 unspecified atom stereocenters. The van der Waals surface area contributed by atoms with E-state index in [-0.39, 0.29) is 5.75 Å². The molecular formula is C15H18O3. The standard InChI is InChI=1S/C8H10O.C7H8O2/c1-6-4-3-5-8(9)7(6)2;1-9-7-4-2-6(8)3-5-7/h3-5,9H,1-2H3;2-5,8H,1H3. The number of rotatable bonds is 1. The third-order valence-corrected chi connectivity index (χ3v) is 2.65. The minimum Gasteiger partial charge on any atom is -0.508 e. The second-order valence-corrected chi connectivity index (χ2v) is 3.92. The molecule has 0 aliphatic rings. The molecule has 3 nitrogen and oxygen atoms in total. The summed E-state index contributed by atoms with van der Waals surface area (Å²) in [5, 5.41) is 17.9. The lowest BCUT2D eigenvalue weighted by Crippen LogP contribution is -1.79. The van der Waals surface area contributed by atoms with Crippen molar-refractivity contribution in [1.82, 2.24) is 0 Å². The van der Waals surface area contributed by atoms with Crippen molar-refractivity contribution < 1.29 is 14.9 Å². The summed E-state index contributed by atoms with van der Waals surface area (Å²) in [5.41, 5.74) is 2.10. The summed E-state index contributed by atoms with van der Waals surface area (Å²) in [7, 11) is 1.59. The number of benzene rings is 2.